The Hall–Kier alpha value is -1.45. The predicted molar refractivity (Wildman–Crippen MR) is 117 cm³/mol. The highest BCUT2D eigenvalue weighted by molar-refractivity contribution is 7.91. The molecule has 6 nitrogen and oxygen atoms in total. The van der Waals surface area contributed by atoms with Gasteiger partial charge in [0.25, 0.3) is 10.0 Å². The number of rotatable bonds is 8. The monoisotopic (exact) mass is 455 g/mol. The lowest BCUT2D eigenvalue weighted by Gasteiger charge is -2.33. The molecule has 9 heteroatoms. The highest BCUT2D eigenvalue weighted by Crippen LogP contribution is 2.27. The zero-order valence-corrected chi connectivity index (χ0v) is 18.8. The fourth-order valence-corrected chi connectivity index (χ4v) is 6.31. The summed E-state index contributed by atoms with van der Waals surface area (Å²) in [5.74, 6) is 0.0772. The summed E-state index contributed by atoms with van der Waals surface area (Å²) in [4.78, 5) is 14.7. The first-order valence-corrected chi connectivity index (χ1v) is 12.2. The lowest BCUT2D eigenvalue weighted by molar-refractivity contribution is -0.121. The molecule has 1 unspecified atom stereocenters. The van der Waals surface area contributed by atoms with E-state index in [1.54, 1.807) is 0 Å². The van der Waals surface area contributed by atoms with Gasteiger partial charge >= 0.3 is 0 Å². The van der Waals surface area contributed by atoms with Crippen LogP contribution in [-0.4, -0.2) is 56.8 Å². The molecule has 1 aliphatic rings. The van der Waals surface area contributed by atoms with Gasteiger partial charge in [0.2, 0.25) is 5.91 Å². The normalized spacial score (nSPS) is 18.1. The minimum absolute atomic E-state index is 0.140. The number of amides is 1. The van der Waals surface area contributed by atoms with Gasteiger partial charge in [0, 0.05) is 26.7 Å². The van der Waals surface area contributed by atoms with Crippen molar-refractivity contribution in [2.45, 2.75) is 23.6 Å². The molecule has 1 fully saturated rings. The first-order valence-electron chi connectivity index (χ1n) is 9.59. The Morgan fingerprint density at radius 2 is 2.03 bits per heavy atom. The summed E-state index contributed by atoms with van der Waals surface area (Å²) in [6, 6.07) is 13.4. The molecule has 3 rings (SSSR count). The van der Waals surface area contributed by atoms with Crippen molar-refractivity contribution in [2.24, 2.45) is 5.92 Å². The molecule has 0 radical (unpaired) electrons. The number of sulfonamides is 1. The predicted octanol–water partition coefficient (Wildman–Crippen LogP) is 3.05. The lowest BCUT2D eigenvalue weighted by Crippen LogP contribution is -2.43. The van der Waals surface area contributed by atoms with Crippen molar-refractivity contribution in [1.82, 2.24) is 14.5 Å². The number of piperidine rings is 1. The van der Waals surface area contributed by atoms with Crippen LogP contribution in [0, 0.1) is 5.92 Å². The second-order valence-electron chi connectivity index (χ2n) is 7.35. The van der Waals surface area contributed by atoms with E-state index in [-0.39, 0.29) is 16.7 Å². The summed E-state index contributed by atoms with van der Waals surface area (Å²) in [5.41, 5.74) is 1.29. The Kier molecular flexibility index (Phi) is 7.70. The first kappa shape index (κ1) is 22.2. The number of likely N-dealkylation sites (tertiary alicyclic amines) is 1. The van der Waals surface area contributed by atoms with Crippen LogP contribution in [0.5, 0.6) is 0 Å². The number of nitrogens with zero attached hydrogens (tertiary/aromatic N) is 2. The Morgan fingerprint density at radius 3 is 2.72 bits per heavy atom. The summed E-state index contributed by atoms with van der Waals surface area (Å²) < 4.78 is 26.6. The van der Waals surface area contributed by atoms with Gasteiger partial charge in [-0.05, 0) is 43.0 Å². The summed E-state index contributed by atoms with van der Waals surface area (Å²) in [7, 11) is -2.29. The van der Waals surface area contributed by atoms with Crippen molar-refractivity contribution in [1.29, 1.82) is 0 Å². The number of hydrogen-bond donors (Lipinski definition) is 1. The number of nitrogens with one attached hydrogen (secondary N) is 1. The van der Waals surface area contributed by atoms with Crippen LogP contribution in [0.15, 0.2) is 46.7 Å². The molecule has 0 spiro atoms. The van der Waals surface area contributed by atoms with Crippen molar-refractivity contribution >= 4 is 38.9 Å². The van der Waals surface area contributed by atoms with E-state index < -0.39 is 10.0 Å². The van der Waals surface area contributed by atoms with E-state index in [1.807, 2.05) is 18.2 Å². The van der Waals surface area contributed by atoms with Gasteiger partial charge in [0.15, 0.2) is 0 Å². The van der Waals surface area contributed by atoms with Gasteiger partial charge < -0.3 is 5.32 Å². The standard InChI is InChI=1S/C20H26ClN3O3S2/c1-23(29(26,27)20-10-9-18(21)28-20)15-19(25)22-12-17-8-5-11-24(14-17)13-16-6-3-2-4-7-16/h2-4,6-7,9-10,17H,5,8,11-15H2,1H3,(H,22,25). The molecule has 1 aliphatic heterocycles. The average molecular weight is 456 g/mol. The minimum atomic E-state index is -3.70. The van der Waals surface area contributed by atoms with Gasteiger partial charge in [-0.2, -0.15) is 4.31 Å². The third-order valence-electron chi connectivity index (χ3n) is 5.02. The van der Waals surface area contributed by atoms with Gasteiger partial charge in [-0.1, -0.05) is 41.9 Å². The Bertz CT molecular complexity index is 918. The molecule has 2 aromatic rings. The average Bonchev–Trinajstić information content (AvgIpc) is 3.15. The zero-order chi connectivity index (χ0) is 20.9. The highest BCUT2D eigenvalue weighted by Gasteiger charge is 2.25. The maximum atomic E-state index is 12.5. The molecular formula is C20H26ClN3O3S2. The molecule has 29 heavy (non-hydrogen) atoms. The van der Waals surface area contributed by atoms with E-state index in [1.165, 1.54) is 24.7 Å². The van der Waals surface area contributed by atoms with Crippen LogP contribution in [-0.2, 0) is 21.4 Å². The maximum absolute atomic E-state index is 12.5. The van der Waals surface area contributed by atoms with E-state index >= 15 is 0 Å². The van der Waals surface area contributed by atoms with Crippen molar-refractivity contribution in [3.05, 3.63) is 52.4 Å². The molecule has 1 amide bonds. The molecule has 0 saturated carbocycles. The number of hydrogen-bond acceptors (Lipinski definition) is 5. The zero-order valence-electron chi connectivity index (χ0n) is 16.4. The molecule has 1 atom stereocenters. The third kappa shape index (κ3) is 6.26. The fraction of sp³-hybridized carbons (Fsp3) is 0.450. The van der Waals surface area contributed by atoms with Crippen LogP contribution in [0.1, 0.15) is 18.4 Å². The molecule has 158 valence electrons. The minimum Gasteiger partial charge on any atom is -0.355 e. The number of halogens is 1. The smallest absolute Gasteiger partial charge is 0.252 e. The van der Waals surface area contributed by atoms with E-state index in [0.717, 1.165) is 48.1 Å². The number of thiophene rings is 1. The topological polar surface area (TPSA) is 69.7 Å². The maximum Gasteiger partial charge on any atom is 0.252 e. The highest BCUT2D eigenvalue weighted by atomic mass is 35.5. The quantitative estimate of drug-likeness (QED) is 0.664. The number of likely N-dealkylation sites (N-methyl/N-ethyl adjacent to an activating group) is 1. The van der Waals surface area contributed by atoms with Crippen LogP contribution in [0.4, 0.5) is 0 Å². The van der Waals surface area contributed by atoms with Gasteiger partial charge in [-0.15, -0.1) is 11.3 Å². The molecule has 1 aromatic carbocycles. The van der Waals surface area contributed by atoms with Crippen molar-refractivity contribution in [3.8, 4) is 0 Å². The molecule has 2 heterocycles. The molecule has 1 N–H and O–H groups in total. The Labute approximate surface area is 181 Å². The van der Waals surface area contributed by atoms with Gasteiger partial charge in [-0.3, -0.25) is 9.69 Å². The molecular weight excluding hydrogens is 430 g/mol. The van der Waals surface area contributed by atoms with Crippen molar-refractivity contribution < 1.29 is 13.2 Å². The van der Waals surface area contributed by atoms with Crippen LogP contribution in [0.25, 0.3) is 0 Å². The fourth-order valence-electron chi connectivity index (χ4n) is 3.49. The Balaban J connectivity index is 1.46. The van der Waals surface area contributed by atoms with Crippen LogP contribution in [0.3, 0.4) is 0 Å². The summed E-state index contributed by atoms with van der Waals surface area (Å²) in [6.07, 6.45) is 2.16. The van der Waals surface area contributed by atoms with E-state index in [9.17, 15) is 13.2 Å². The number of benzene rings is 1. The third-order valence-corrected chi connectivity index (χ3v) is 8.52. The molecule has 0 aliphatic carbocycles. The molecule has 0 bridgehead atoms. The number of carbonyl (C=O) groups is 1. The number of carbonyl (C=O) groups excluding carboxylic acids is 1. The van der Waals surface area contributed by atoms with E-state index in [4.69, 9.17) is 11.6 Å². The lowest BCUT2D eigenvalue weighted by atomic mass is 9.97. The summed E-state index contributed by atoms with van der Waals surface area (Å²) in [5, 5.41) is 2.90. The summed E-state index contributed by atoms with van der Waals surface area (Å²) in [6.45, 7) is 3.25. The first-order chi connectivity index (χ1) is 13.8. The molecule has 1 aromatic heterocycles. The largest absolute Gasteiger partial charge is 0.355 e. The van der Waals surface area contributed by atoms with Crippen molar-refractivity contribution in [2.75, 3.05) is 33.2 Å². The summed E-state index contributed by atoms with van der Waals surface area (Å²) >= 11 is 6.81. The van der Waals surface area contributed by atoms with E-state index in [2.05, 4.69) is 22.3 Å². The van der Waals surface area contributed by atoms with Crippen molar-refractivity contribution in [3.63, 3.8) is 0 Å². The van der Waals surface area contributed by atoms with Gasteiger partial charge in [-0.25, -0.2) is 8.42 Å². The van der Waals surface area contributed by atoms with Crippen LogP contribution in [0.2, 0.25) is 4.34 Å². The van der Waals surface area contributed by atoms with Gasteiger partial charge in [0.1, 0.15) is 4.21 Å². The van der Waals surface area contributed by atoms with Crippen LogP contribution >= 0.6 is 22.9 Å². The van der Waals surface area contributed by atoms with Crippen LogP contribution < -0.4 is 5.32 Å². The van der Waals surface area contributed by atoms with Gasteiger partial charge in [0.05, 0.1) is 10.9 Å². The second kappa shape index (κ2) is 10.0. The SMILES string of the molecule is CN(CC(=O)NCC1CCCN(Cc2ccccc2)C1)S(=O)(=O)c1ccc(Cl)s1. The second-order valence-corrected chi connectivity index (χ2v) is 11.3. The molecule has 1 saturated heterocycles. The Morgan fingerprint density at radius 1 is 1.28 bits per heavy atom. The van der Waals surface area contributed by atoms with E-state index in [0.29, 0.717) is 16.8 Å².